The molecule has 3 aromatic rings. The van der Waals surface area contributed by atoms with Crippen molar-refractivity contribution in [3.63, 3.8) is 0 Å². The van der Waals surface area contributed by atoms with E-state index in [1.165, 1.54) is 0 Å². The summed E-state index contributed by atoms with van der Waals surface area (Å²) in [6.07, 6.45) is 3.51. The van der Waals surface area contributed by atoms with Crippen molar-refractivity contribution in [2.24, 2.45) is 0 Å². The zero-order chi connectivity index (χ0) is 37.6. The van der Waals surface area contributed by atoms with E-state index in [9.17, 15) is 9.59 Å². The summed E-state index contributed by atoms with van der Waals surface area (Å²) in [6, 6.07) is 23.0. The van der Waals surface area contributed by atoms with Crippen LogP contribution >= 0.6 is 0 Å². The van der Waals surface area contributed by atoms with Crippen LogP contribution in [0.3, 0.4) is 0 Å². The minimum Gasteiger partial charge on any atom is -0.490 e. The van der Waals surface area contributed by atoms with Gasteiger partial charge < -0.3 is 28.4 Å². The minimum atomic E-state index is -0.621. The molecule has 274 valence electrons. The molecule has 0 aromatic heterocycles. The Bertz CT molecular complexity index is 1620. The van der Waals surface area contributed by atoms with Crippen molar-refractivity contribution < 1.29 is 38.0 Å². The molecule has 52 heavy (non-hydrogen) atoms. The average molecular weight is 707 g/mol. The molecule has 8 heteroatoms. The Labute approximate surface area is 309 Å². The Morgan fingerprint density at radius 2 is 1.00 bits per heavy atom. The summed E-state index contributed by atoms with van der Waals surface area (Å²) < 4.78 is 33.1. The fraction of sp³-hybridized carbons (Fsp3) is 0.364. The predicted molar refractivity (Wildman–Crippen MR) is 203 cm³/mol. The van der Waals surface area contributed by atoms with Crippen LogP contribution < -0.4 is 9.47 Å². The molecule has 0 aliphatic heterocycles. The van der Waals surface area contributed by atoms with E-state index in [2.05, 4.69) is 23.7 Å². The fourth-order valence-electron chi connectivity index (χ4n) is 4.81. The number of esters is 2. The molecule has 0 radical (unpaired) electrons. The Hall–Kier alpha value is -5.28. The van der Waals surface area contributed by atoms with E-state index in [1.54, 1.807) is 13.8 Å². The van der Waals surface area contributed by atoms with Crippen LogP contribution in [0.25, 0.3) is 0 Å². The van der Waals surface area contributed by atoms with Gasteiger partial charge in [0.05, 0.1) is 13.2 Å². The van der Waals surface area contributed by atoms with E-state index in [-0.39, 0.29) is 11.9 Å². The lowest BCUT2D eigenvalue weighted by Gasteiger charge is -2.15. The highest BCUT2D eigenvalue weighted by atomic mass is 16.6. The number of ether oxygens (including phenoxy) is 6. The second-order valence-corrected chi connectivity index (χ2v) is 11.6. The third-order valence-electron chi connectivity index (χ3n) is 7.47. The van der Waals surface area contributed by atoms with Gasteiger partial charge >= 0.3 is 11.9 Å². The number of hydrogen-bond acceptors (Lipinski definition) is 8. The van der Waals surface area contributed by atoms with E-state index < -0.39 is 12.2 Å². The molecule has 0 aliphatic rings. The number of allylic oxidation sites excluding steroid dienone is 2. The first-order valence-corrected chi connectivity index (χ1v) is 17.7. The van der Waals surface area contributed by atoms with Gasteiger partial charge in [0.15, 0.2) is 12.2 Å². The van der Waals surface area contributed by atoms with Crippen molar-refractivity contribution >= 4 is 11.9 Å². The normalized spacial score (nSPS) is 12.3. The van der Waals surface area contributed by atoms with Crippen LogP contribution in [0, 0.1) is 23.7 Å². The van der Waals surface area contributed by atoms with E-state index >= 15 is 0 Å². The van der Waals surface area contributed by atoms with Gasteiger partial charge in [0.1, 0.15) is 24.7 Å². The van der Waals surface area contributed by atoms with Gasteiger partial charge in [0, 0.05) is 37.2 Å². The fourth-order valence-corrected chi connectivity index (χ4v) is 4.81. The van der Waals surface area contributed by atoms with E-state index in [0.29, 0.717) is 52.5 Å². The maximum Gasteiger partial charge on any atom is 0.335 e. The maximum atomic E-state index is 12.1. The molecule has 0 heterocycles. The summed E-state index contributed by atoms with van der Waals surface area (Å²) in [7, 11) is 0. The molecule has 0 N–H and O–H groups in total. The van der Waals surface area contributed by atoms with Crippen LogP contribution in [-0.2, 0) is 41.4 Å². The van der Waals surface area contributed by atoms with Crippen molar-refractivity contribution in [1.82, 2.24) is 0 Å². The molecule has 0 amide bonds. The lowest BCUT2D eigenvalue weighted by molar-refractivity contribution is -0.157. The lowest BCUT2D eigenvalue weighted by Crippen LogP contribution is -2.28. The van der Waals surface area contributed by atoms with Crippen molar-refractivity contribution in [2.75, 3.05) is 39.6 Å². The SMILES string of the molecule is CCOC(=O)C(Cc1ccc(OC/C=C(\C)C#Cc2cccc(C#C/C(C)=C/COc3ccc(CC(OCC)C(=O)OCC)cc3)c2)cc1)OCC. The monoisotopic (exact) mass is 706 g/mol. The molecular formula is C44H50O8. The number of carbonyl (C=O) groups is 2. The van der Waals surface area contributed by atoms with E-state index in [1.807, 2.05) is 113 Å². The first-order chi connectivity index (χ1) is 25.2. The topological polar surface area (TPSA) is 89.5 Å². The summed E-state index contributed by atoms with van der Waals surface area (Å²) in [5.41, 5.74) is 5.44. The Balaban J connectivity index is 1.47. The Morgan fingerprint density at radius 3 is 1.37 bits per heavy atom. The van der Waals surface area contributed by atoms with Gasteiger partial charge in [-0.3, -0.25) is 0 Å². The van der Waals surface area contributed by atoms with Gasteiger partial charge in [0.25, 0.3) is 0 Å². The summed E-state index contributed by atoms with van der Waals surface area (Å²) in [6.45, 7) is 13.4. The van der Waals surface area contributed by atoms with Crippen LogP contribution in [0.15, 0.2) is 96.1 Å². The number of rotatable bonds is 18. The Kier molecular flexibility index (Phi) is 18.4. The molecule has 0 fully saturated rings. The molecule has 2 atom stereocenters. The summed E-state index contributed by atoms with van der Waals surface area (Å²) in [4.78, 5) is 24.3. The quantitative estimate of drug-likeness (QED) is 0.0996. The number of hydrogen-bond donors (Lipinski definition) is 0. The first kappa shape index (κ1) is 41.1. The number of carbonyl (C=O) groups excluding carboxylic acids is 2. The van der Waals surface area contributed by atoms with E-state index in [4.69, 9.17) is 28.4 Å². The minimum absolute atomic E-state index is 0.321. The molecular weight excluding hydrogens is 656 g/mol. The summed E-state index contributed by atoms with van der Waals surface area (Å²) in [5, 5.41) is 0. The molecule has 3 rings (SSSR count). The largest absolute Gasteiger partial charge is 0.490 e. The molecule has 2 unspecified atom stereocenters. The second-order valence-electron chi connectivity index (χ2n) is 11.6. The third-order valence-corrected chi connectivity index (χ3v) is 7.47. The van der Waals surface area contributed by atoms with Gasteiger partial charge in [-0.1, -0.05) is 54.0 Å². The molecule has 0 aliphatic carbocycles. The van der Waals surface area contributed by atoms with Crippen LogP contribution in [0.2, 0.25) is 0 Å². The maximum absolute atomic E-state index is 12.1. The van der Waals surface area contributed by atoms with Crippen molar-refractivity contribution in [1.29, 1.82) is 0 Å². The molecule has 0 bridgehead atoms. The van der Waals surface area contributed by atoms with E-state index in [0.717, 1.165) is 44.9 Å². The highest BCUT2D eigenvalue weighted by Crippen LogP contribution is 2.17. The van der Waals surface area contributed by atoms with Gasteiger partial charge in [0.2, 0.25) is 0 Å². The number of benzene rings is 3. The molecule has 3 aromatic carbocycles. The van der Waals surface area contributed by atoms with Gasteiger partial charge in [-0.25, -0.2) is 9.59 Å². The van der Waals surface area contributed by atoms with Gasteiger partial charge in [-0.2, -0.15) is 0 Å². The molecule has 0 saturated heterocycles. The predicted octanol–water partition coefficient (Wildman–Crippen LogP) is 7.46. The first-order valence-electron chi connectivity index (χ1n) is 17.7. The summed E-state index contributed by atoms with van der Waals surface area (Å²) >= 11 is 0. The van der Waals surface area contributed by atoms with Crippen molar-refractivity contribution in [3.8, 4) is 35.2 Å². The average Bonchev–Trinajstić information content (AvgIpc) is 3.14. The lowest BCUT2D eigenvalue weighted by atomic mass is 10.1. The van der Waals surface area contributed by atoms with Crippen LogP contribution in [0.4, 0.5) is 0 Å². The standard InChI is InChI=1S/C44H50O8/c1-7-47-41(43(45)49-9-3)31-37-18-22-39(23-19-37)51-28-26-33(5)14-16-35-12-11-13-36(30-35)17-15-34(6)27-29-52-40-24-20-38(21-25-40)32-42(48-8-2)44(46)50-10-4/h11-13,18-27,30,41-42H,7-10,28-29,31-32H2,1-6H3/b33-26+,34-27+. The highest BCUT2D eigenvalue weighted by Gasteiger charge is 2.21. The molecule has 0 spiro atoms. The second kappa shape index (κ2) is 23.2. The molecule has 0 saturated carbocycles. The van der Waals surface area contributed by atoms with Crippen molar-refractivity contribution in [3.05, 3.63) is 118 Å². The van der Waals surface area contributed by atoms with Gasteiger partial charge in [-0.05, 0) is 118 Å². The Morgan fingerprint density at radius 1 is 0.596 bits per heavy atom. The zero-order valence-corrected chi connectivity index (χ0v) is 31.2. The zero-order valence-electron chi connectivity index (χ0n) is 31.2. The molecule has 8 nitrogen and oxygen atoms in total. The van der Waals surface area contributed by atoms with Crippen LogP contribution in [0.5, 0.6) is 11.5 Å². The van der Waals surface area contributed by atoms with Crippen LogP contribution in [0.1, 0.15) is 63.8 Å². The van der Waals surface area contributed by atoms with Crippen molar-refractivity contribution in [2.45, 2.75) is 66.6 Å². The summed E-state index contributed by atoms with van der Waals surface area (Å²) in [5.74, 6) is 13.5. The van der Waals surface area contributed by atoms with Crippen LogP contribution in [-0.4, -0.2) is 63.8 Å². The smallest absolute Gasteiger partial charge is 0.335 e. The highest BCUT2D eigenvalue weighted by molar-refractivity contribution is 5.75. The third kappa shape index (κ3) is 15.3. The van der Waals surface area contributed by atoms with Gasteiger partial charge in [-0.15, -0.1) is 0 Å².